The topological polar surface area (TPSA) is 71.1 Å². The molecule has 0 aliphatic heterocycles. The van der Waals surface area contributed by atoms with Crippen molar-refractivity contribution in [1.29, 1.82) is 0 Å². The molecular formula is C14H19N3O2. The van der Waals surface area contributed by atoms with E-state index in [9.17, 15) is 9.59 Å². The van der Waals surface area contributed by atoms with Gasteiger partial charge in [0.1, 0.15) is 5.69 Å². The molecule has 0 bridgehead atoms. The van der Waals surface area contributed by atoms with Gasteiger partial charge in [-0.2, -0.15) is 0 Å². The Kier molecular flexibility index (Phi) is 4.49. The Hall–Kier alpha value is -1.91. The minimum absolute atomic E-state index is 0.132. The van der Waals surface area contributed by atoms with Crippen LogP contribution in [0, 0.1) is 0 Å². The first-order chi connectivity index (χ1) is 9.20. The SMILES string of the molecule is CCCCNC(=O)c1cc(C(=O)NC2CC2)ccn1. The summed E-state index contributed by atoms with van der Waals surface area (Å²) in [6.45, 7) is 2.70. The predicted octanol–water partition coefficient (Wildman–Crippen LogP) is 1.50. The molecule has 19 heavy (non-hydrogen) atoms. The average molecular weight is 261 g/mol. The second-order valence-corrected chi connectivity index (χ2v) is 4.79. The van der Waals surface area contributed by atoms with E-state index in [0.717, 1.165) is 25.7 Å². The second-order valence-electron chi connectivity index (χ2n) is 4.79. The number of carbonyl (C=O) groups is 2. The van der Waals surface area contributed by atoms with E-state index in [4.69, 9.17) is 0 Å². The van der Waals surface area contributed by atoms with E-state index in [0.29, 0.717) is 23.8 Å². The Bertz CT molecular complexity index is 470. The molecule has 0 radical (unpaired) electrons. The van der Waals surface area contributed by atoms with E-state index in [1.807, 2.05) is 0 Å². The molecule has 2 N–H and O–H groups in total. The van der Waals surface area contributed by atoms with Gasteiger partial charge in [-0.25, -0.2) is 0 Å². The van der Waals surface area contributed by atoms with Gasteiger partial charge < -0.3 is 10.6 Å². The van der Waals surface area contributed by atoms with Gasteiger partial charge in [0, 0.05) is 24.3 Å². The Morgan fingerprint density at radius 1 is 1.37 bits per heavy atom. The number of hydrogen-bond acceptors (Lipinski definition) is 3. The van der Waals surface area contributed by atoms with Gasteiger partial charge in [-0.05, 0) is 31.4 Å². The highest BCUT2D eigenvalue weighted by atomic mass is 16.2. The third-order valence-electron chi connectivity index (χ3n) is 2.98. The van der Waals surface area contributed by atoms with Gasteiger partial charge in [-0.15, -0.1) is 0 Å². The van der Waals surface area contributed by atoms with Crippen LogP contribution in [0.4, 0.5) is 0 Å². The Morgan fingerprint density at radius 2 is 2.16 bits per heavy atom. The van der Waals surface area contributed by atoms with Crippen LogP contribution in [0.25, 0.3) is 0 Å². The molecular weight excluding hydrogens is 242 g/mol. The summed E-state index contributed by atoms with van der Waals surface area (Å²) in [4.78, 5) is 27.7. The van der Waals surface area contributed by atoms with Crippen LogP contribution in [0.1, 0.15) is 53.5 Å². The summed E-state index contributed by atoms with van der Waals surface area (Å²) in [6, 6.07) is 3.47. The lowest BCUT2D eigenvalue weighted by molar-refractivity contribution is 0.0948. The van der Waals surface area contributed by atoms with Gasteiger partial charge in [0.05, 0.1) is 0 Å². The first-order valence-electron chi connectivity index (χ1n) is 6.76. The number of hydrogen-bond donors (Lipinski definition) is 2. The number of rotatable bonds is 6. The molecule has 0 atom stereocenters. The quantitative estimate of drug-likeness (QED) is 0.762. The van der Waals surface area contributed by atoms with Gasteiger partial charge in [0.15, 0.2) is 0 Å². The highest BCUT2D eigenvalue weighted by Crippen LogP contribution is 2.19. The molecule has 0 saturated heterocycles. The number of nitrogens with one attached hydrogen (secondary N) is 2. The summed E-state index contributed by atoms with van der Waals surface area (Å²) < 4.78 is 0. The predicted molar refractivity (Wildman–Crippen MR) is 72.0 cm³/mol. The van der Waals surface area contributed by atoms with Crippen molar-refractivity contribution in [2.75, 3.05) is 6.54 Å². The van der Waals surface area contributed by atoms with Crippen LogP contribution in [0.2, 0.25) is 0 Å². The standard InChI is InChI=1S/C14H19N3O2/c1-2-3-7-16-14(19)12-9-10(6-8-15-12)13(18)17-11-4-5-11/h6,8-9,11H,2-5,7H2,1H3,(H,16,19)(H,17,18). The zero-order valence-corrected chi connectivity index (χ0v) is 11.1. The fourth-order valence-electron chi connectivity index (χ4n) is 1.66. The van der Waals surface area contributed by atoms with E-state index in [1.165, 1.54) is 6.20 Å². The van der Waals surface area contributed by atoms with Crippen molar-refractivity contribution >= 4 is 11.8 Å². The number of aromatic nitrogens is 1. The van der Waals surface area contributed by atoms with Crippen LogP contribution in [0.5, 0.6) is 0 Å². The monoisotopic (exact) mass is 261 g/mol. The van der Waals surface area contributed by atoms with Crippen LogP contribution in [-0.4, -0.2) is 29.4 Å². The van der Waals surface area contributed by atoms with Gasteiger partial charge in [-0.1, -0.05) is 13.3 Å². The largest absolute Gasteiger partial charge is 0.351 e. The maximum absolute atomic E-state index is 11.9. The molecule has 5 nitrogen and oxygen atoms in total. The van der Waals surface area contributed by atoms with E-state index in [1.54, 1.807) is 12.1 Å². The highest BCUT2D eigenvalue weighted by molar-refractivity contribution is 5.98. The average Bonchev–Trinajstić information content (AvgIpc) is 3.23. The normalized spacial score (nSPS) is 13.9. The zero-order chi connectivity index (χ0) is 13.7. The van der Waals surface area contributed by atoms with Gasteiger partial charge in [0.25, 0.3) is 11.8 Å². The molecule has 2 amide bonds. The smallest absolute Gasteiger partial charge is 0.269 e. The summed E-state index contributed by atoms with van der Waals surface area (Å²) >= 11 is 0. The van der Waals surface area contributed by atoms with Gasteiger partial charge >= 0.3 is 0 Å². The van der Waals surface area contributed by atoms with Crippen LogP contribution in [0.3, 0.4) is 0 Å². The zero-order valence-electron chi connectivity index (χ0n) is 11.1. The van der Waals surface area contributed by atoms with Crippen LogP contribution in [0.15, 0.2) is 18.3 Å². The molecule has 0 unspecified atom stereocenters. The molecule has 1 saturated carbocycles. The molecule has 1 aliphatic rings. The van der Waals surface area contributed by atoms with Crippen LogP contribution in [-0.2, 0) is 0 Å². The van der Waals surface area contributed by atoms with E-state index in [-0.39, 0.29) is 11.8 Å². The number of carbonyl (C=O) groups excluding carboxylic acids is 2. The molecule has 102 valence electrons. The molecule has 0 spiro atoms. The van der Waals surface area contributed by atoms with Crippen LogP contribution >= 0.6 is 0 Å². The van der Waals surface area contributed by atoms with Gasteiger partial charge in [-0.3, -0.25) is 14.6 Å². The van der Waals surface area contributed by atoms with Crippen molar-refractivity contribution in [2.45, 2.75) is 38.6 Å². The molecule has 1 aliphatic carbocycles. The van der Waals surface area contributed by atoms with E-state index in [2.05, 4.69) is 22.5 Å². The third-order valence-corrected chi connectivity index (χ3v) is 2.98. The lowest BCUT2D eigenvalue weighted by atomic mass is 10.2. The minimum atomic E-state index is -0.227. The van der Waals surface area contributed by atoms with Crippen molar-refractivity contribution in [1.82, 2.24) is 15.6 Å². The van der Waals surface area contributed by atoms with Crippen molar-refractivity contribution in [3.05, 3.63) is 29.6 Å². The summed E-state index contributed by atoms with van der Waals surface area (Å²) in [7, 11) is 0. The van der Waals surface area contributed by atoms with Crippen molar-refractivity contribution in [3.63, 3.8) is 0 Å². The molecule has 5 heteroatoms. The van der Waals surface area contributed by atoms with E-state index >= 15 is 0 Å². The molecule has 1 heterocycles. The fraction of sp³-hybridized carbons (Fsp3) is 0.500. The van der Waals surface area contributed by atoms with Gasteiger partial charge in [0.2, 0.25) is 0 Å². The Balaban J connectivity index is 1.97. The lowest BCUT2D eigenvalue weighted by Gasteiger charge is -2.06. The van der Waals surface area contributed by atoms with Crippen molar-refractivity contribution in [3.8, 4) is 0 Å². The maximum atomic E-state index is 11.9. The second kappa shape index (κ2) is 6.31. The number of unbranched alkanes of at least 4 members (excludes halogenated alkanes) is 1. The maximum Gasteiger partial charge on any atom is 0.269 e. The lowest BCUT2D eigenvalue weighted by Crippen LogP contribution is -2.28. The molecule has 2 rings (SSSR count). The molecule has 1 aromatic heterocycles. The first kappa shape index (κ1) is 13.5. The highest BCUT2D eigenvalue weighted by Gasteiger charge is 2.24. The number of pyridine rings is 1. The summed E-state index contributed by atoms with van der Waals surface area (Å²) in [5.74, 6) is -0.359. The van der Waals surface area contributed by atoms with E-state index < -0.39 is 0 Å². The first-order valence-corrected chi connectivity index (χ1v) is 6.76. The summed E-state index contributed by atoms with van der Waals surface area (Å²) in [6.07, 6.45) is 5.55. The summed E-state index contributed by atoms with van der Waals surface area (Å²) in [5.41, 5.74) is 0.780. The van der Waals surface area contributed by atoms with Crippen LogP contribution < -0.4 is 10.6 Å². The van der Waals surface area contributed by atoms with Crippen molar-refractivity contribution < 1.29 is 9.59 Å². The third kappa shape index (κ3) is 4.05. The molecule has 0 aromatic carbocycles. The van der Waals surface area contributed by atoms with Crippen molar-refractivity contribution in [2.24, 2.45) is 0 Å². The Morgan fingerprint density at radius 3 is 2.84 bits per heavy atom. The fourth-order valence-corrected chi connectivity index (χ4v) is 1.66. The summed E-state index contributed by atoms with van der Waals surface area (Å²) in [5, 5.41) is 5.68. The minimum Gasteiger partial charge on any atom is -0.351 e. The molecule has 1 fully saturated rings. The molecule has 1 aromatic rings. The number of amides is 2. The Labute approximate surface area is 112 Å². The number of nitrogens with zero attached hydrogens (tertiary/aromatic N) is 1.